The first-order valence-electron chi connectivity index (χ1n) is 6.58. The van der Waals surface area contributed by atoms with Crippen LogP contribution in [0.3, 0.4) is 0 Å². The number of aliphatic carboxylic acids is 1. The quantitative estimate of drug-likeness (QED) is 0.623. The minimum atomic E-state index is -0.761. The van der Waals surface area contributed by atoms with Gasteiger partial charge in [0.15, 0.2) is 0 Å². The molecule has 18 heavy (non-hydrogen) atoms. The summed E-state index contributed by atoms with van der Waals surface area (Å²) in [6.07, 6.45) is 10.6. The Morgan fingerprint density at radius 2 is 1.39 bits per heavy atom. The van der Waals surface area contributed by atoms with Gasteiger partial charge in [-0.25, -0.2) is 0 Å². The van der Waals surface area contributed by atoms with E-state index in [2.05, 4.69) is 32.9 Å². The topological polar surface area (TPSA) is 37.3 Å². The third-order valence-corrected chi connectivity index (χ3v) is 2.75. The molecule has 0 unspecified atom stereocenters. The lowest BCUT2D eigenvalue weighted by Crippen LogP contribution is -1.91. The van der Waals surface area contributed by atoms with Gasteiger partial charge in [0.05, 0.1) is 6.42 Å². The molecular weight excluding hydrogens is 224 g/mol. The van der Waals surface area contributed by atoms with Crippen molar-refractivity contribution in [1.82, 2.24) is 0 Å². The first kappa shape index (κ1) is 16.7. The summed E-state index contributed by atoms with van der Waals surface area (Å²) in [4.78, 5) is 10.4. The van der Waals surface area contributed by atoms with E-state index in [4.69, 9.17) is 5.11 Å². The van der Waals surface area contributed by atoms with Crippen molar-refractivity contribution < 1.29 is 9.90 Å². The van der Waals surface area contributed by atoms with Crippen molar-refractivity contribution in [3.05, 3.63) is 34.9 Å². The van der Waals surface area contributed by atoms with E-state index in [0.717, 1.165) is 31.3 Å². The van der Waals surface area contributed by atoms with Crippen molar-refractivity contribution in [2.75, 3.05) is 0 Å². The van der Waals surface area contributed by atoms with Crippen LogP contribution >= 0.6 is 0 Å². The molecule has 0 fully saturated rings. The lowest BCUT2D eigenvalue weighted by atomic mass is 10.1. The molecule has 0 aromatic rings. The molecular formula is C16H26O2. The molecule has 0 saturated carbocycles. The van der Waals surface area contributed by atoms with Crippen LogP contribution in [0.25, 0.3) is 0 Å². The molecule has 0 aliphatic rings. The van der Waals surface area contributed by atoms with Crippen LogP contribution in [0.5, 0.6) is 0 Å². The maximum Gasteiger partial charge on any atom is 0.307 e. The maximum absolute atomic E-state index is 10.4. The second-order valence-corrected chi connectivity index (χ2v) is 5.06. The number of rotatable bonds is 8. The Balaban J connectivity index is 3.89. The second kappa shape index (κ2) is 9.69. The smallest absolute Gasteiger partial charge is 0.307 e. The predicted molar refractivity (Wildman–Crippen MR) is 77.7 cm³/mol. The van der Waals surface area contributed by atoms with Crippen molar-refractivity contribution in [3.63, 3.8) is 0 Å². The summed E-state index contributed by atoms with van der Waals surface area (Å²) in [6, 6.07) is 0. The lowest BCUT2D eigenvalue weighted by molar-refractivity contribution is -0.136. The highest BCUT2D eigenvalue weighted by Crippen LogP contribution is 2.11. The highest BCUT2D eigenvalue weighted by molar-refractivity contribution is 5.68. The van der Waals surface area contributed by atoms with E-state index in [1.807, 2.05) is 6.92 Å². The van der Waals surface area contributed by atoms with Crippen LogP contribution < -0.4 is 0 Å². The second-order valence-electron chi connectivity index (χ2n) is 5.06. The minimum Gasteiger partial charge on any atom is -0.481 e. The van der Waals surface area contributed by atoms with Crippen molar-refractivity contribution >= 4 is 5.97 Å². The van der Waals surface area contributed by atoms with Crippen molar-refractivity contribution in [3.8, 4) is 0 Å². The summed E-state index contributed by atoms with van der Waals surface area (Å²) < 4.78 is 0. The summed E-state index contributed by atoms with van der Waals surface area (Å²) in [7, 11) is 0. The largest absolute Gasteiger partial charge is 0.481 e. The molecule has 0 rings (SSSR count). The van der Waals surface area contributed by atoms with Gasteiger partial charge in [-0.15, -0.1) is 0 Å². The van der Waals surface area contributed by atoms with E-state index in [1.54, 1.807) is 6.08 Å². The van der Waals surface area contributed by atoms with Gasteiger partial charge in [0.1, 0.15) is 0 Å². The molecule has 2 nitrogen and oxygen atoms in total. The fourth-order valence-corrected chi connectivity index (χ4v) is 1.60. The van der Waals surface area contributed by atoms with E-state index in [9.17, 15) is 4.79 Å². The van der Waals surface area contributed by atoms with Crippen LogP contribution in [0.15, 0.2) is 34.9 Å². The van der Waals surface area contributed by atoms with E-state index in [1.165, 1.54) is 11.1 Å². The number of carboxylic acid groups (broad SMARTS) is 1. The number of hydrogen-bond donors (Lipinski definition) is 1. The van der Waals surface area contributed by atoms with Crippen molar-refractivity contribution in [1.29, 1.82) is 0 Å². The molecule has 1 N–H and O–H groups in total. The summed E-state index contributed by atoms with van der Waals surface area (Å²) >= 11 is 0. The van der Waals surface area contributed by atoms with Crippen molar-refractivity contribution in [2.45, 2.75) is 59.8 Å². The predicted octanol–water partition coefficient (Wildman–Crippen LogP) is 4.88. The van der Waals surface area contributed by atoms with Crippen LogP contribution in [0.2, 0.25) is 0 Å². The van der Waals surface area contributed by atoms with E-state index in [-0.39, 0.29) is 6.42 Å². The fourth-order valence-electron chi connectivity index (χ4n) is 1.60. The zero-order chi connectivity index (χ0) is 14.0. The van der Waals surface area contributed by atoms with E-state index in [0.29, 0.717) is 0 Å². The Morgan fingerprint density at radius 1 is 0.889 bits per heavy atom. The van der Waals surface area contributed by atoms with Gasteiger partial charge >= 0.3 is 5.97 Å². The van der Waals surface area contributed by atoms with E-state index < -0.39 is 5.97 Å². The third kappa shape index (κ3) is 11.2. The molecule has 0 saturated heterocycles. The normalized spacial score (nSPS) is 12.4. The number of hydrogen-bond acceptors (Lipinski definition) is 1. The van der Waals surface area contributed by atoms with Crippen molar-refractivity contribution in [2.24, 2.45) is 0 Å². The molecule has 0 aliphatic carbocycles. The molecule has 0 spiro atoms. The van der Waals surface area contributed by atoms with Crippen LogP contribution in [0.4, 0.5) is 0 Å². The molecule has 0 amide bonds. The maximum atomic E-state index is 10.4. The zero-order valence-corrected chi connectivity index (χ0v) is 12.1. The Hall–Kier alpha value is -1.31. The molecule has 0 heterocycles. The van der Waals surface area contributed by atoms with Gasteiger partial charge in [-0.2, -0.15) is 0 Å². The Morgan fingerprint density at radius 3 is 1.89 bits per heavy atom. The Bertz CT molecular complexity index is 342. The van der Waals surface area contributed by atoms with Gasteiger partial charge in [0, 0.05) is 0 Å². The highest BCUT2D eigenvalue weighted by Gasteiger charge is 1.94. The van der Waals surface area contributed by atoms with Crippen LogP contribution in [-0.4, -0.2) is 11.1 Å². The van der Waals surface area contributed by atoms with Crippen LogP contribution in [0, 0.1) is 0 Å². The number of carbonyl (C=O) groups is 1. The number of allylic oxidation sites excluding steroid dienone is 5. The summed E-state index contributed by atoms with van der Waals surface area (Å²) in [5.74, 6) is -0.761. The van der Waals surface area contributed by atoms with Crippen LogP contribution in [-0.2, 0) is 4.79 Å². The molecule has 0 atom stereocenters. The zero-order valence-electron chi connectivity index (χ0n) is 12.1. The van der Waals surface area contributed by atoms with E-state index >= 15 is 0 Å². The molecule has 0 aliphatic heterocycles. The number of carboxylic acids is 1. The summed E-state index contributed by atoms with van der Waals surface area (Å²) in [6.45, 7) is 8.40. The lowest BCUT2D eigenvalue weighted by Gasteiger charge is -2.01. The van der Waals surface area contributed by atoms with Gasteiger partial charge in [0.25, 0.3) is 0 Å². The Kier molecular flexibility index (Phi) is 8.99. The molecule has 0 radical (unpaired) electrons. The summed E-state index contributed by atoms with van der Waals surface area (Å²) in [5, 5.41) is 8.56. The third-order valence-electron chi connectivity index (χ3n) is 2.75. The molecule has 2 heteroatoms. The standard InChI is InChI=1S/C16H26O2/c1-13(2)7-5-8-14(3)9-6-10-15(4)11-12-16(17)18/h7,9,11H,5-6,8,10,12H2,1-4H3,(H,17,18)/b14-9?,15-11+. The molecule has 0 aromatic heterocycles. The van der Waals surface area contributed by atoms with Crippen LogP contribution in [0.1, 0.15) is 59.8 Å². The summed E-state index contributed by atoms with van der Waals surface area (Å²) in [5.41, 5.74) is 3.94. The monoisotopic (exact) mass is 250 g/mol. The SMILES string of the molecule is CC(C)=CCCC(C)=CCC/C(C)=C/CC(=O)O. The molecule has 102 valence electrons. The van der Waals surface area contributed by atoms with Gasteiger partial charge < -0.3 is 5.11 Å². The Labute approximate surface area is 111 Å². The fraction of sp³-hybridized carbons (Fsp3) is 0.562. The average molecular weight is 250 g/mol. The molecule has 0 aromatic carbocycles. The van der Waals surface area contributed by atoms with Gasteiger partial charge in [0.2, 0.25) is 0 Å². The minimum absolute atomic E-state index is 0.134. The van der Waals surface area contributed by atoms with Gasteiger partial charge in [-0.1, -0.05) is 34.9 Å². The van der Waals surface area contributed by atoms with Gasteiger partial charge in [-0.05, 0) is 53.4 Å². The highest BCUT2D eigenvalue weighted by atomic mass is 16.4. The first-order valence-corrected chi connectivity index (χ1v) is 6.58. The molecule has 0 bridgehead atoms. The van der Waals surface area contributed by atoms with Gasteiger partial charge in [-0.3, -0.25) is 4.79 Å². The average Bonchev–Trinajstić information content (AvgIpc) is 2.25. The first-order chi connectivity index (χ1) is 8.41.